The standard InChI is InChI=1S/C12H18N2O2/c1-10(9-16-13)14-12(15)8-7-11-5-3-2-4-6-11/h2-6,10H,7-9,13H2,1H3,(H,14,15). The average Bonchev–Trinajstić information content (AvgIpc) is 2.28. The summed E-state index contributed by atoms with van der Waals surface area (Å²) in [5.41, 5.74) is 1.17. The molecule has 0 bridgehead atoms. The third-order valence-corrected chi connectivity index (χ3v) is 2.24. The fraction of sp³-hybridized carbons (Fsp3) is 0.417. The number of nitrogens with one attached hydrogen (secondary N) is 1. The highest BCUT2D eigenvalue weighted by molar-refractivity contribution is 5.76. The maximum Gasteiger partial charge on any atom is 0.220 e. The number of rotatable bonds is 6. The zero-order valence-corrected chi connectivity index (χ0v) is 9.48. The fourth-order valence-corrected chi connectivity index (χ4v) is 1.44. The minimum Gasteiger partial charge on any atom is -0.351 e. The van der Waals surface area contributed by atoms with Gasteiger partial charge in [0.2, 0.25) is 5.91 Å². The molecule has 88 valence electrons. The number of benzene rings is 1. The zero-order valence-electron chi connectivity index (χ0n) is 9.48. The van der Waals surface area contributed by atoms with Crippen LogP contribution in [0.2, 0.25) is 0 Å². The highest BCUT2D eigenvalue weighted by atomic mass is 16.6. The highest BCUT2D eigenvalue weighted by Crippen LogP contribution is 2.02. The van der Waals surface area contributed by atoms with Gasteiger partial charge in [-0.15, -0.1) is 0 Å². The van der Waals surface area contributed by atoms with Crippen molar-refractivity contribution >= 4 is 5.91 Å². The van der Waals surface area contributed by atoms with Crippen LogP contribution in [0.4, 0.5) is 0 Å². The molecule has 0 aromatic heterocycles. The van der Waals surface area contributed by atoms with Crippen molar-refractivity contribution in [1.29, 1.82) is 0 Å². The van der Waals surface area contributed by atoms with Crippen LogP contribution in [0.3, 0.4) is 0 Å². The summed E-state index contributed by atoms with van der Waals surface area (Å²) in [5, 5.41) is 2.81. The molecule has 4 heteroatoms. The topological polar surface area (TPSA) is 64.3 Å². The summed E-state index contributed by atoms with van der Waals surface area (Å²) < 4.78 is 0. The molecule has 0 aliphatic rings. The van der Waals surface area contributed by atoms with E-state index in [1.165, 1.54) is 5.56 Å². The Morgan fingerprint density at radius 3 is 2.75 bits per heavy atom. The Balaban J connectivity index is 2.25. The van der Waals surface area contributed by atoms with Gasteiger partial charge in [-0.2, -0.15) is 0 Å². The second-order valence-corrected chi connectivity index (χ2v) is 3.79. The minimum absolute atomic E-state index is 0.0217. The van der Waals surface area contributed by atoms with Gasteiger partial charge in [-0.05, 0) is 18.9 Å². The lowest BCUT2D eigenvalue weighted by molar-refractivity contribution is -0.122. The lowest BCUT2D eigenvalue weighted by Gasteiger charge is -2.12. The molecule has 4 nitrogen and oxygen atoms in total. The summed E-state index contributed by atoms with van der Waals surface area (Å²) in [7, 11) is 0. The molecule has 0 radical (unpaired) electrons. The van der Waals surface area contributed by atoms with Crippen LogP contribution in [0, 0.1) is 0 Å². The van der Waals surface area contributed by atoms with E-state index < -0.39 is 0 Å². The molecule has 0 heterocycles. The Morgan fingerprint density at radius 2 is 2.12 bits per heavy atom. The lowest BCUT2D eigenvalue weighted by atomic mass is 10.1. The van der Waals surface area contributed by atoms with Crippen LogP contribution in [0.1, 0.15) is 18.9 Å². The van der Waals surface area contributed by atoms with E-state index in [1.54, 1.807) is 0 Å². The van der Waals surface area contributed by atoms with E-state index in [9.17, 15) is 4.79 Å². The number of carbonyl (C=O) groups excluding carboxylic acids is 1. The molecule has 1 atom stereocenters. The zero-order chi connectivity index (χ0) is 11.8. The number of amides is 1. The summed E-state index contributed by atoms with van der Waals surface area (Å²) >= 11 is 0. The van der Waals surface area contributed by atoms with E-state index >= 15 is 0 Å². The van der Waals surface area contributed by atoms with Crippen molar-refractivity contribution < 1.29 is 9.63 Å². The van der Waals surface area contributed by atoms with Gasteiger partial charge in [0.25, 0.3) is 0 Å². The van der Waals surface area contributed by atoms with Crippen molar-refractivity contribution in [1.82, 2.24) is 5.32 Å². The molecule has 3 N–H and O–H groups in total. The van der Waals surface area contributed by atoms with Crippen LogP contribution in [0.15, 0.2) is 30.3 Å². The predicted molar refractivity (Wildman–Crippen MR) is 62.5 cm³/mol. The largest absolute Gasteiger partial charge is 0.351 e. The van der Waals surface area contributed by atoms with Crippen LogP contribution in [0.25, 0.3) is 0 Å². The molecule has 0 aliphatic carbocycles. The quantitative estimate of drug-likeness (QED) is 0.706. The second-order valence-electron chi connectivity index (χ2n) is 3.79. The normalized spacial score (nSPS) is 12.1. The fourth-order valence-electron chi connectivity index (χ4n) is 1.44. The molecule has 1 rings (SSSR count). The maximum atomic E-state index is 11.5. The van der Waals surface area contributed by atoms with Gasteiger partial charge in [-0.25, -0.2) is 5.90 Å². The van der Waals surface area contributed by atoms with Gasteiger partial charge in [0.1, 0.15) is 0 Å². The number of nitrogens with two attached hydrogens (primary N) is 1. The first-order valence-electron chi connectivity index (χ1n) is 5.37. The number of hydrogen-bond donors (Lipinski definition) is 2. The van der Waals surface area contributed by atoms with E-state index in [2.05, 4.69) is 10.2 Å². The summed E-state index contributed by atoms with van der Waals surface area (Å²) in [6.45, 7) is 2.18. The molecular formula is C12H18N2O2. The summed E-state index contributed by atoms with van der Waals surface area (Å²) in [6, 6.07) is 9.88. The summed E-state index contributed by atoms with van der Waals surface area (Å²) in [4.78, 5) is 15.9. The molecular weight excluding hydrogens is 204 g/mol. The molecule has 0 saturated heterocycles. The van der Waals surface area contributed by atoms with Gasteiger partial charge in [0, 0.05) is 6.42 Å². The van der Waals surface area contributed by atoms with Crippen molar-refractivity contribution in [2.45, 2.75) is 25.8 Å². The van der Waals surface area contributed by atoms with Crippen molar-refractivity contribution in [3.8, 4) is 0 Å². The van der Waals surface area contributed by atoms with Gasteiger partial charge in [0.05, 0.1) is 12.6 Å². The molecule has 0 fully saturated rings. The van der Waals surface area contributed by atoms with Gasteiger partial charge in [0.15, 0.2) is 0 Å². The number of aryl methyl sites for hydroxylation is 1. The van der Waals surface area contributed by atoms with E-state index in [0.717, 1.165) is 6.42 Å². The van der Waals surface area contributed by atoms with Crippen LogP contribution >= 0.6 is 0 Å². The van der Waals surface area contributed by atoms with Crippen molar-refractivity contribution in [3.63, 3.8) is 0 Å². The van der Waals surface area contributed by atoms with Gasteiger partial charge >= 0.3 is 0 Å². The third-order valence-electron chi connectivity index (χ3n) is 2.24. The Hall–Kier alpha value is -1.39. The van der Waals surface area contributed by atoms with Gasteiger partial charge < -0.3 is 10.2 Å². The molecule has 1 aromatic carbocycles. The van der Waals surface area contributed by atoms with Crippen molar-refractivity contribution in [2.75, 3.05) is 6.61 Å². The third kappa shape index (κ3) is 4.91. The van der Waals surface area contributed by atoms with Crippen LogP contribution < -0.4 is 11.2 Å². The first-order chi connectivity index (χ1) is 7.72. The molecule has 1 amide bonds. The van der Waals surface area contributed by atoms with E-state index in [0.29, 0.717) is 13.0 Å². The molecule has 0 spiro atoms. The van der Waals surface area contributed by atoms with Gasteiger partial charge in [-0.3, -0.25) is 4.79 Å². The van der Waals surface area contributed by atoms with E-state index in [1.807, 2.05) is 37.3 Å². The van der Waals surface area contributed by atoms with E-state index in [-0.39, 0.29) is 11.9 Å². The summed E-state index contributed by atoms with van der Waals surface area (Å²) in [5.74, 6) is 4.94. The molecule has 16 heavy (non-hydrogen) atoms. The first-order valence-corrected chi connectivity index (χ1v) is 5.37. The Morgan fingerprint density at radius 1 is 1.44 bits per heavy atom. The summed E-state index contributed by atoms with van der Waals surface area (Å²) in [6.07, 6.45) is 1.24. The first kappa shape index (κ1) is 12.7. The minimum atomic E-state index is -0.0479. The molecule has 1 aromatic rings. The Labute approximate surface area is 95.7 Å². The predicted octanol–water partition coefficient (Wildman–Crippen LogP) is 1.01. The Bertz CT molecular complexity index is 314. The second kappa shape index (κ2) is 6.98. The van der Waals surface area contributed by atoms with Crippen LogP contribution in [0.5, 0.6) is 0 Å². The molecule has 0 saturated carbocycles. The lowest BCUT2D eigenvalue weighted by Crippen LogP contribution is -2.36. The average molecular weight is 222 g/mol. The SMILES string of the molecule is CC(CON)NC(=O)CCc1ccccc1. The monoisotopic (exact) mass is 222 g/mol. The van der Waals surface area contributed by atoms with Crippen molar-refractivity contribution in [3.05, 3.63) is 35.9 Å². The smallest absolute Gasteiger partial charge is 0.220 e. The maximum absolute atomic E-state index is 11.5. The number of carbonyl (C=O) groups is 1. The highest BCUT2D eigenvalue weighted by Gasteiger charge is 2.06. The number of hydrogen-bond acceptors (Lipinski definition) is 3. The van der Waals surface area contributed by atoms with Crippen LogP contribution in [-0.2, 0) is 16.1 Å². The van der Waals surface area contributed by atoms with Gasteiger partial charge in [-0.1, -0.05) is 30.3 Å². The van der Waals surface area contributed by atoms with E-state index in [4.69, 9.17) is 5.90 Å². The Kier molecular flexibility index (Phi) is 5.53. The molecule has 1 unspecified atom stereocenters. The van der Waals surface area contributed by atoms with Crippen molar-refractivity contribution in [2.24, 2.45) is 5.90 Å². The molecule has 0 aliphatic heterocycles. The van der Waals surface area contributed by atoms with Crippen LogP contribution in [-0.4, -0.2) is 18.6 Å².